The normalized spacial score (nSPS) is 10.5. The van der Waals surface area contributed by atoms with Gasteiger partial charge in [-0.2, -0.15) is 0 Å². The minimum Gasteiger partial charge on any atom is -0.462 e. The van der Waals surface area contributed by atoms with Gasteiger partial charge in [-0.3, -0.25) is 4.79 Å². The molecule has 0 saturated heterocycles. The predicted molar refractivity (Wildman–Crippen MR) is 61.6 cm³/mol. The van der Waals surface area contributed by atoms with Crippen LogP contribution in [0.15, 0.2) is 16.9 Å². The van der Waals surface area contributed by atoms with E-state index in [4.69, 9.17) is 4.74 Å². The molecule has 0 spiro atoms. The molecule has 4 heteroatoms. The molecule has 0 aliphatic heterocycles. The van der Waals surface area contributed by atoms with Crippen LogP contribution >= 0.6 is 0 Å². The number of H-pyrrole nitrogens is 1. The van der Waals surface area contributed by atoms with E-state index in [9.17, 15) is 9.59 Å². The summed E-state index contributed by atoms with van der Waals surface area (Å²) >= 11 is 0. The number of hydrogen-bond donors (Lipinski definition) is 1. The fraction of sp³-hybridized carbons (Fsp3) is 0.500. The van der Waals surface area contributed by atoms with Gasteiger partial charge in [0.15, 0.2) is 0 Å². The minimum absolute atomic E-state index is 0.263. The first kappa shape index (κ1) is 12.5. The zero-order chi connectivity index (χ0) is 12.1. The number of aromatic amines is 1. The van der Waals surface area contributed by atoms with Crippen molar-refractivity contribution in [2.45, 2.75) is 27.2 Å². The summed E-state index contributed by atoms with van der Waals surface area (Å²) in [6.45, 7) is 6.15. The second-order valence-corrected chi connectivity index (χ2v) is 4.08. The van der Waals surface area contributed by atoms with E-state index in [0.717, 1.165) is 12.1 Å². The lowest BCUT2D eigenvalue weighted by Crippen LogP contribution is -2.15. The van der Waals surface area contributed by atoms with Crippen LogP contribution in [0.25, 0.3) is 0 Å². The van der Waals surface area contributed by atoms with Crippen molar-refractivity contribution in [3.05, 3.63) is 33.7 Å². The molecule has 0 bridgehead atoms. The van der Waals surface area contributed by atoms with Gasteiger partial charge < -0.3 is 9.72 Å². The van der Waals surface area contributed by atoms with Gasteiger partial charge in [-0.1, -0.05) is 13.8 Å². The first-order chi connectivity index (χ1) is 7.52. The number of esters is 1. The summed E-state index contributed by atoms with van der Waals surface area (Å²) in [5.74, 6) is -0.0216. The predicted octanol–water partition coefficient (Wildman–Crippen LogP) is 1.75. The Morgan fingerprint density at radius 2 is 2.12 bits per heavy atom. The van der Waals surface area contributed by atoms with Crippen LogP contribution in [-0.4, -0.2) is 17.6 Å². The third-order valence-electron chi connectivity index (χ3n) is 2.04. The van der Waals surface area contributed by atoms with Crippen LogP contribution in [0.3, 0.4) is 0 Å². The van der Waals surface area contributed by atoms with Crippen LogP contribution in [0.4, 0.5) is 0 Å². The maximum Gasteiger partial charge on any atom is 0.338 e. The molecule has 0 amide bonds. The SMILES string of the molecule is CCOC(=O)c1cc(CC(C)C)[nH]c(=O)c1. The Balaban J connectivity index is 2.98. The van der Waals surface area contributed by atoms with Gasteiger partial charge in [0.05, 0.1) is 12.2 Å². The van der Waals surface area contributed by atoms with Crippen LogP contribution in [-0.2, 0) is 11.2 Å². The number of hydrogen-bond acceptors (Lipinski definition) is 3. The molecule has 1 N–H and O–H groups in total. The zero-order valence-electron chi connectivity index (χ0n) is 9.87. The Labute approximate surface area is 94.6 Å². The molecule has 4 nitrogen and oxygen atoms in total. The van der Waals surface area contributed by atoms with E-state index in [1.165, 1.54) is 6.07 Å². The van der Waals surface area contributed by atoms with Crippen molar-refractivity contribution in [1.29, 1.82) is 0 Å². The van der Waals surface area contributed by atoms with Crippen molar-refractivity contribution in [2.24, 2.45) is 5.92 Å². The summed E-state index contributed by atoms with van der Waals surface area (Å²) < 4.78 is 4.85. The third kappa shape index (κ3) is 3.53. The van der Waals surface area contributed by atoms with Gasteiger partial charge in [-0.25, -0.2) is 4.79 Å². The molecule has 0 fully saturated rings. The summed E-state index contributed by atoms with van der Waals surface area (Å²) in [5, 5.41) is 0. The topological polar surface area (TPSA) is 59.2 Å². The highest BCUT2D eigenvalue weighted by molar-refractivity contribution is 5.89. The Kier molecular flexibility index (Phi) is 4.28. The standard InChI is InChI=1S/C12H17NO3/c1-4-16-12(15)9-6-10(5-8(2)3)13-11(14)7-9/h6-8H,4-5H2,1-3H3,(H,13,14). The Bertz CT molecular complexity index is 421. The first-order valence-electron chi connectivity index (χ1n) is 5.43. The number of nitrogens with one attached hydrogen (secondary N) is 1. The van der Waals surface area contributed by atoms with Gasteiger partial charge in [-0.15, -0.1) is 0 Å². The number of pyridine rings is 1. The lowest BCUT2D eigenvalue weighted by molar-refractivity contribution is 0.0526. The molecule has 0 aliphatic rings. The molecule has 0 aliphatic carbocycles. The molecule has 0 radical (unpaired) electrons. The van der Waals surface area contributed by atoms with Gasteiger partial charge in [0, 0.05) is 11.8 Å². The van der Waals surface area contributed by atoms with Gasteiger partial charge in [-0.05, 0) is 25.3 Å². The number of carbonyl (C=O) groups excluding carboxylic acids is 1. The fourth-order valence-corrected chi connectivity index (χ4v) is 1.48. The van der Waals surface area contributed by atoms with Crippen molar-refractivity contribution in [1.82, 2.24) is 4.98 Å². The second-order valence-electron chi connectivity index (χ2n) is 4.08. The maximum atomic E-state index is 11.5. The molecule has 1 aromatic rings. The molecule has 1 rings (SSSR count). The van der Waals surface area contributed by atoms with Gasteiger partial charge in [0.25, 0.3) is 0 Å². The summed E-state index contributed by atoms with van der Waals surface area (Å²) in [6.07, 6.45) is 0.739. The second kappa shape index (κ2) is 5.49. The van der Waals surface area contributed by atoms with Crippen LogP contribution in [0.2, 0.25) is 0 Å². The average Bonchev–Trinajstić information content (AvgIpc) is 2.15. The van der Waals surface area contributed by atoms with E-state index in [-0.39, 0.29) is 5.56 Å². The number of ether oxygens (including phenoxy) is 1. The van der Waals surface area contributed by atoms with Crippen molar-refractivity contribution in [3.63, 3.8) is 0 Å². The Morgan fingerprint density at radius 3 is 2.69 bits per heavy atom. The molecular weight excluding hydrogens is 206 g/mol. The van der Waals surface area contributed by atoms with Crippen LogP contribution in [0.5, 0.6) is 0 Å². The summed E-state index contributed by atoms with van der Waals surface area (Å²) in [5.41, 5.74) is 0.827. The monoisotopic (exact) mass is 223 g/mol. The number of carbonyl (C=O) groups is 1. The van der Waals surface area contributed by atoms with Crippen molar-refractivity contribution >= 4 is 5.97 Å². The molecule has 1 aromatic heterocycles. The highest BCUT2D eigenvalue weighted by Gasteiger charge is 2.09. The summed E-state index contributed by atoms with van der Waals surface area (Å²) in [6, 6.07) is 2.95. The van der Waals surface area contributed by atoms with E-state index in [1.54, 1.807) is 13.0 Å². The first-order valence-corrected chi connectivity index (χ1v) is 5.43. The third-order valence-corrected chi connectivity index (χ3v) is 2.04. The molecule has 0 atom stereocenters. The van der Waals surface area contributed by atoms with E-state index >= 15 is 0 Å². The van der Waals surface area contributed by atoms with Crippen molar-refractivity contribution in [2.75, 3.05) is 6.61 Å². The molecule has 0 unspecified atom stereocenters. The molecule has 88 valence electrons. The average molecular weight is 223 g/mol. The Morgan fingerprint density at radius 1 is 1.44 bits per heavy atom. The van der Waals surface area contributed by atoms with Gasteiger partial charge in [0.1, 0.15) is 0 Å². The number of rotatable bonds is 4. The lowest BCUT2D eigenvalue weighted by atomic mass is 10.1. The fourth-order valence-electron chi connectivity index (χ4n) is 1.48. The van der Waals surface area contributed by atoms with Crippen molar-refractivity contribution < 1.29 is 9.53 Å². The molecule has 0 aromatic carbocycles. The molecule has 1 heterocycles. The highest BCUT2D eigenvalue weighted by Crippen LogP contribution is 2.06. The minimum atomic E-state index is -0.446. The van der Waals surface area contributed by atoms with E-state index in [1.807, 2.05) is 0 Å². The number of aromatic nitrogens is 1. The molecule has 16 heavy (non-hydrogen) atoms. The van der Waals surface area contributed by atoms with Crippen molar-refractivity contribution in [3.8, 4) is 0 Å². The van der Waals surface area contributed by atoms with Gasteiger partial charge >= 0.3 is 5.97 Å². The molecule has 0 saturated carbocycles. The van der Waals surface area contributed by atoms with Crippen LogP contribution in [0.1, 0.15) is 36.8 Å². The maximum absolute atomic E-state index is 11.5. The van der Waals surface area contributed by atoms with E-state index in [2.05, 4.69) is 18.8 Å². The lowest BCUT2D eigenvalue weighted by Gasteiger charge is -2.06. The smallest absolute Gasteiger partial charge is 0.338 e. The Hall–Kier alpha value is -1.58. The van der Waals surface area contributed by atoms with E-state index in [0.29, 0.717) is 18.1 Å². The zero-order valence-corrected chi connectivity index (χ0v) is 9.87. The molecular formula is C12H17NO3. The quantitative estimate of drug-likeness (QED) is 0.791. The summed E-state index contributed by atoms with van der Waals surface area (Å²) in [7, 11) is 0. The van der Waals surface area contributed by atoms with Gasteiger partial charge in [0.2, 0.25) is 5.56 Å². The van der Waals surface area contributed by atoms with E-state index < -0.39 is 5.97 Å². The van der Waals surface area contributed by atoms with Crippen LogP contribution in [0, 0.1) is 5.92 Å². The summed E-state index contributed by atoms with van der Waals surface area (Å²) in [4.78, 5) is 25.5. The highest BCUT2D eigenvalue weighted by atomic mass is 16.5. The van der Waals surface area contributed by atoms with Crippen LogP contribution < -0.4 is 5.56 Å². The largest absolute Gasteiger partial charge is 0.462 e.